The first-order valence-electron chi connectivity index (χ1n) is 6.03. The molecule has 0 radical (unpaired) electrons. The summed E-state index contributed by atoms with van der Waals surface area (Å²) in [6, 6.07) is 3.98. The molecule has 2 rings (SSSR count). The lowest BCUT2D eigenvalue weighted by molar-refractivity contribution is -0.138. The fourth-order valence-electron chi connectivity index (χ4n) is 1.70. The Morgan fingerprint density at radius 2 is 2.10 bits per heavy atom. The van der Waals surface area contributed by atoms with Crippen LogP contribution in [0.15, 0.2) is 23.1 Å². The zero-order chi connectivity index (χ0) is 14.5. The Kier molecular flexibility index (Phi) is 5.27. The predicted molar refractivity (Wildman–Crippen MR) is 76.9 cm³/mol. The molecule has 1 heterocycles. The molecule has 0 spiro atoms. The molecule has 20 heavy (non-hydrogen) atoms. The van der Waals surface area contributed by atoms with E-state index in [9.17, 15) is 9.00 Å². The summed E-state index contributed by atoms with van der Waals surface area (Å²) in [5.41, 5.74) is 0. The normalized spacial score (nSPS) is 16.4. The highest BCUT2D eigenvalue weighted by molar-refractivity contribution is 7.83. The molecule has 8 heteroatoms. The third kappa shape index (κ3) is 3.65. The van der Waals surface area contributed by atoms with Gasteiger partial charge in [-0.15, -0.1) is 0 Å². The topological polar surface area (TPSA) is 84.9 Å². The lowest BCUT2D eigenvalue weighted by Crippen LogP contribution is -2.38. The van der Waals surface area contributed by atoms with Gasteiger partial charge in [-0.2, -0.15) is 12.6 Å². The molecule has 1 aliphatic heterocycles. The van der Waals surface area contributed by atoms with E-state index in [0.717, 1.165) is 0 Å². The van der Waals surface area contributed by atoms with Crippen LogP contribution in [0.1, 0.15) is 6.42 Å². The summed E-state index contributed by atoms with van der Waals surface area (Å²) in [5, 5.41) is 9.02. The van der Waals surface area contributed by atoms with Crippen molar-refractivity contribution in [2.24, 2.45) is 0 Å². The van der Waals surface area contributed by atoms with Gasteiger partial charge in [0.1, 0.15) is 30.2 Å². The Balaban J connectivity index is 2.10. The smallest absolute Gasteiger partial charge is 0.321 e. The van der Waals surface area contributed by atoms with E-state index in [1.165, 1.54) is 0 Å². The first-order chi connectivity index (χ1) is 9.61. The third-order valence-corrected chi connectivity index (χ3v) is 4.13. The van der Waals surface area contributed by atoms with Gasteiger partial charge in [0.05, 0.1) is 4.90 Å². The number of carboxylic acids is 1. The highest BCUT2D eigenvalue weighted by Gasteiger charge is 2.21. The molecule has 2 N–H and O–H groups in total. The first kappa shape index (κ1) is 15.1. The number of aliphatic carboxylic acids is 1. The highest BCUT2D eigenvalue weighted by atomic mass is 32.2. The molecule has 0 aromatic heterocycles. The molecule has 110 valence electrons. The van der Waals surface area contributed by atoms with Crippen LogP contribution in [-0.4, -0.2) is 40.3 Å². The van der Waals surface area contributed by atoms with E-state index in [1.807, 2.05) is 0 Å². The maximum atomic E-state index is 12.1. The molecule has 6 nitrogen and oxygen atoms in total. The standard InChI is InChI=1S/C12H15NO5S2/c14-12(15)9(3-6-19)13-20(16)8-1-2-10-11(7-8)18-5-4-17-10/h1-2,7,9,13,19H,3-6H2,(H,14,15). The van der Waals surface area contributed by atoms with Crippen molar-refractivity contribution >= 4 is 29.6 Å². The molecule has 0 saturated heterocycles. The number of fused-ring (bicyclic) bond motifs is 1. The fourth-order valence-corrected chi connectivity index (χ4v) is 2.98. The van der Waals surface area contributed by atoms with Gasteiger partial charge in [0.2, 0.25) is 0 Å². The lowest BCUT2D eigenvalue weighted by Gasteiger charge is -2.19. The average Bonchev–Trinajstić information content (AvgIpc) is 2.46. The summed E-state index contributed by atoms with van der Waals surface area (Å²) < 4.78 is 25.5. The minimum atomic E-state index is -1.63. The van der Waals surface area contributed by atoms with Crippen molar-refractivity contribution in [2.75, 3.05) is 19.0 Å². The van der Waals surface area contributed by atoms with Crippen LogP contribution in [0, 0.1) is 0 Å². The summed E-state index contributed by atoms with van der Waals surface area (Å²) in [6.45, 7) is 0.921. The van der Waals surface area contributed by atoms with Gasteiger partial charge in [0.25, 0.3) is 0 Å². The van der Waals surface area contributed by atoms with E-state index in [4.69, 9.17) is 14.6 Å². The number of hydrogen-bond donors (Lipinski definition) is 3. The number of ether oxygens (including phenoxy) is 2. The Bertz CT molecular complexity index is 523. The van der Waals surface area contributed by atoms with Crippen LogP contribution < -0.4 is 14.2 Å². The average molecular weight is 317 g/mol. The van der Waals surface area contributed by atoms with E-state index in [-0.39, 0.29) is 6.42 Å². The van der Waals surface area contributed by atoms with Crippen LogP contribution in [0.3, 0.4) is 0 Å². The number of hydrogen-bond acceptors (Lipinski definition) is 5. The summed E-state index contributed by atoms with van der Waals surface area (Å²) in [7, 11) is -1.63. The number of rotatable bonds is 6. The van der Waals surface area contributed by atoms with Crippen molar-refractivity contribution < 1.29 is 23.6 Å². The summed E-state index contributed by atoms with van der Waals surface area (Å²) in [6.07, 6.45) is 0.286. The van der Waals surface area contributed by atoms with Gasteiger partial charge in [0.15, 0.2) is 11.5 Å². The van der Waals surface area contributed by atoms with Crippen LogP contribution in [0.4, 0.5) is 0 Å². The number of carboxylic acid groups (broad SMARTS) is 1. The van der Waals surface area contributed by atoms with Crippen molar-refractivity contribution in [3.63, 3.8) is 0 Å². The SMILES string of the molecule is O=C(O)C(CCS)NS(=O)c1ccc2c(c1)OCCO2. The lowest BCUT2D eigenvalue weighted by atomic mass is 10.2. The quantitative estimate of drug-likeness (QED) is 0.677. The van der Waals surface area contributed by atoms with E-state index in [0.29, 0.717) is 35.4 Å². The van der Waals surface area contributed by atoms with Gasteiger partial charge < -0.3 is 14.6 Å². The van der Waals surface area contributed by atoms with Crippen molar-refractivity contribution in [2.45, 2.75) is 17.4 Å². The van der Waals surface area contributed by atoms with Crippen molar-refractivity contribution in [1.29, 1.82) is 0 Å². The highest BCUT2D eigenvalue weighted by Crippen LogP contribution is 2.31. The van der Waals surface area contributed by atoms with E-state index >= 15 is 0 Å². The second-order valence-electron chi connectivity index (χ2n) is 4.10. The molecule has 0 saturated carbocycles. The van der Waals surface area contributed by atoms with Gasteiger partial charge >= 0.3 is 5.97 Å². The maximum absolute atomic E-state index is 12.1. The second-order valence-corrected chi connectivity index (χ2v) is 5.79. The zero-order valence-electron chi connectivity index (χ0n) is 10.6. The molecule has 2 unspecified atom stereocenters. The Labute approximate surface area is 124 Å². The van der Waals surface area contributed by atoms with Gasteiger partial charge in [-0.05, 0) is 24.3 Å². The van der Waals surface area contributed by atoms with Gasteiger partial charge in [-0.3, -0.25) is 4.79 Å². The minimum Gasteiger partial charge on any atom is -0.486 e. The molecule has 1 aromatic rings. The molecule has 0 amide bonds. The fraction of sp³-hybridized carbons (Fsp3) is 0.417. The van der Waals surface area contributed by atoms with Crippen LogP contribution in [-0.2, 0) is 15.8 Å². The molecule has 0 fully saturated rings. The predicted octanol–water partition coefficient (Wildman–Crippen LogP) is 0.843. The molecule has 1 aliphatic rings. The Morgan fingerprint density at radius 3 is 2.75 bits per heavy atom. The summed E-state index contributed by atoms with van der Waals surface area (Å²) in [4.78, 5) is 11.5. The van der Waals surface area contributed by atoms with E-state index in [1.54, 1.807) is 18.2 Å². The van der Waals surface area contributed by atoms with Crippen LogP contribution in [0.2, 0.25) is 0 Å². The Morgan fingerprint density at radius 1 is 1.40 bits per heavy atom. The zero-order valence-corrected chi connectivity index (χ0v) is 12.3. The van der Waals surface area contributed by atoms with Crippen molar-refractivity contribution in [3.8, 4) is 11.5 Å². The molecule has 2 atom stereocenters. The molecular formula is C12H15NO5S2. The van der Waals surface area contributed by atoms with Crippen molar-refractivity contribution in [1.82, 2.24) is 4.72 Å². The summed E-state index contributed by atoms with van der Waals surface area (Å²) >= 11 is 3.99. The number of carbonyl (C=O) groups is 1. The minimum absolute atomic E-state index is 0.286. The monoisotopic (exact) mass is 317 g/mol. The number of thiol groups is 1. The van der Waals surface area contributed by atoms with Crippen LogP contribution in [0.25, 0.3) is 0 Å². The second kappa shape index (κ2) is 6.96. The van der Waals surface area contributed by atoms with Gasteiger partial charge in [-0.1, -0.05) is 0 Å². The van der Waals surface area contributed by atoms with Gasteiger partial charge in [-0.25, -0.2) is 8.93 Å². The third-order valence-electron chi connectivity index (χ3n) is 2.69. The van der Waals surface area contributed by atoms with Crippen LogP contribution >= 0.6 is 12.6 Å². The maximum Gasteiger partial charge on any atom is 0.321 e. The molecule has 0 aliphatic carbocycles. The van der Waals surface area contributed by atoms with Crippen molar-refractivity contribution in [3.05, 3.63) is 18.2 Å². The number of benzene rings is 1. The molecule has 0 bridgehead atoms. The molecule has 1 aromatic carbocycles. The van der Waals surface area contributed by atoms with Gasteiger partial charge in [0, 0.05) is 6.07 Å². The molecular weight excluding hydrogens is 302 g/mol. The summed E-state index contributed by atoms with van der Waals surface area (Å²) in [5.74, 6) is 0.458. The van der Waals surface area contributed by atoms with E-state index in [2.05, 4.69) is 17.4 Å². The van der Waals surface area contributed by atoms with Crippen LogP contribution in [0.5, 0.6) is 11.5 Å². The largest absolute Gasteiger partial charge is 0.486 e. The van der Waals surface area contributed by atoms with E-state index < -0.39 is 23.0 Å². The Hall–Kier alpha value is -1.25. The number of nitrogens with one attached hydrogen (secondary N) is 1. The first-order valence-corrected chi connectivity index (χ1v) is 7.81.